The highest BCUT2D eigenvalue weighted by atomic mass is 16.5. The second-order valence-electron chi connectivity index (χ2n) is 4.87. The van der Waals surface area contributed by atoms with Crippen LogP contribution in [0.15, 0.2) is 24.3 Å². The first-order valence-corrected chi connectivity index (χ1v) is 6.72. The van der Waals surface area contributed by atoms with Gasteiger partial charge in [0, 0.05) is 6.04 Å². The highest BCUT2D eigenvalue weighted by Crippen LogP contribution is 2.35. The van der Waals surface area contributed by atoms with Crippen LogP contribution in [0.2, 0.25) is 0 Å². The van der Waals surface area contributed by atoms with Gasteiger partial charge in [-0.1, -0.05) is 25.5 Å². The third kappa shape index (κ3) is 3.01. The number of methoxy groups -OCH3 is 1. The predicted molar refractivity (Wildman–Crippen MR) is 71.7 cm³/mol. The third-order valence-corrected chi connectivity index (χ3v) is 3.69. The molecule has 17 heavy (non-hydrogen) atoms. The van der Waals surface area contributed by atoms with Crippen molar-refractivity contribution in [1.29, 1.82) is 0 Å². The molecule has 1 fully saturated rings. The molecule has 0 bridgehead atoms. The fourth-order valence-electron chi connectivity index (χ4n) is 2.81. The summed E-state index contributed by atoms with van der Waals surface area (Å²) in [6, 6.07) is 9.20. The van der Waals surface area contributed by atoms with E-state index in [0.717, 1.165) is 12.3 Å². The molecule has 0 aromatic heterocycles. The zero-order valence-electron chi connectivity index (χ0n) is 10.9. The summed E-state index contributed by atoms with van der Waals surface area (Å²) >= 11 is 0. The molecule has 0 amide bonds. The highest BCUT2D eigenvalue weighted by Gasteiger charge is 2.27. The van der Waals surface area contributed by atoms with E-state index in [1.54, 1.807) is 7.11 Å². The lowest BCUT2D eigenvalue weighted by atomic mass is 9.94. The van der Waals surface area contributed by atoms with E-state index in [2.05, 4.69) is 30.4 Å². The van der Waals surface area contributed by atoms with Gasteiger partial charge in [0.2, 0.25) is 0 Å². The van der Waals surface area contributed by atoms with E-state index in [4.69, 9.17) is 4.74 Å². The molecule has 0 aliphatic heterocycles. The zero-order chi connectivity index (χ0) is 12.1. The lowest BCUT2D eigenvalue weighted by molar-refractivity contribution is 0.412. The molecule has 94 valence electrons. The number of hydrogen-bond donors (Lipinski definition) is 1. The van der Waals surface area contributed by atoms with Gasteiger partial charge in [-0.2, -0.15) is 0 Å². The van der Waals surface area contributed by atoms with Gasteiger partial charge in [-0.3, -0.25) is 0 Å². The predicted octanol–water partition coefficient (Wildman–Crippen LogP) is 3.33. The second kappa shape index (κ2) is 6.06. The van der Waals surface area contributed by atoms with E-state index in [1.807, 2.05) is 6.07 Å². The number of nitrogens with one attached hydrogen (secondary N) is 1. The Morgan fingerprint density at radius 3 is 3.00 bits per heavy atom. The van der Waals surface area contributed by atoms with E-state index in [9.17, 15) is 0 Å². The van der Waals surface area contributed by atoms with Gasteiger partial charge >= 0.3 is 0 Å². The van der Waals surface area contributed by atoms with Crippen LogP contribution >= 0.6 is 0 Å². The molecule has 1 saturated carbocycles. The van der Waals surface area contributed by atoms with E-state index in [1.165, 1.54) is 31.2 Å². The molecule has 0 heterocycles. The van der Waals surface area contributed by atoms with E-state index < -0.39 is 0 Å². The molecule has 0 saturated heterocycles. The Morgan fingerprint density at radius 1 is 1.35 bits per heavy atom. The van der Waals surface area contributed by atoms with Gasteiger partial charge in [-0.25, -0.2) is 0 Å². The average molecular weight is 233 g/mol. The molecular formula is C15H23NO. The largest absolute Gasteiger partial charge is 0.497 e. The fraction of sp³-hybridized carbons (Fsp3) is 0.600. The summed E-state index contributed by atoms with van der Waals surface area (Å²) in [5, 5.41) is 3.68. The maximum Gasteiger partial charge on any atom is 0.119 e. The normalized spacial score (nSPS) is 23.9. The third-order valence-electron chi connectivity index (χ3n) is 3.69. The topological polar surface area (TPSA) is 21.3 Å². The zero-order valence-corrected chi connectivity index (χ0v) is 10.9. The molecule has 2 rings (SSSR count). The summed E-state index contributed by atoms with van der Waals surface area (Å²) in [5.41, 5.74) is 1.43. The molecular weight excluding hydrogens is 210 g/mol. The smallest absolute Gasteiger partial charge is 0.119 e. The number of ether oxygens (including phenoxy) is 1. The van der Waals surface area contributed by atoms with Crippen molar-refractivity contribution >= 4 is 0 Å². The van der Waals surface area contributed by atoms with Crippen molar-refractivity contribution in [1.82, 2.24) is 5.32 Å². The number of hydrogen-bond acceptors (Lipinski definition) is 2. The van der Waals surface area contributed by atoms with Gasteiger partial charge in [-0.15, -0.1) is 0 Å². The van der Waals surface area contributed by atoms with Gasteiger partial charge in [-0.05, 0) is 49.4 Å². The molecule has 1 aromatic rings. The Labute approximate surface area is 104 Å². The maximum absolute atomic E-state index is 5.31. The SMILES string of the molecule is CCCNC1CCCC1c1cccc(OC)c1. The molecule has 1 aliphatic carbocycles. The van der Waals surface area contributed by atoms with Crippen LogP contribution in [-0.4, -0.2) is 19.7 Å². The van der Waals surface area contributed by atoms with Crippen LogP contribution < -0.4 is 10.1 Å². The fourth-order valence-corrected chi connectivity index (χ4v) is 2.81. The van der Waals surface area contributed by atoms with Crippen molar-refractivity contribution in [2.45, 2.75) is 44.6 Å². The van der Waals surface area contributed by atoms with Gasteiger partial charge in [0.15, 0.2) is 0 Å². The molecule has 1 aromatic carbocycles. The van der Waals surface area contributed by atoms with Crippen LogP contribution in [0.5, 0.6) is 5.75 Å². The first kappa shape index (κ1) is 12.4. The second-order valence-corrected chi connectivity index (χ2v) is 4.87. The van der Waals surface area contributed by atoms with Crippen LogP contribution in [0.4, 0.5) is 0 Å². The molecule has 2 heteroatoms. The van der Waals surface area contributed by atoms with Crippen LogP contribution in [0.25, 0.3) is 0 Å². The maximum atomic E-state index is 5.31. The van der Waals surface area contributed by atoms with Crippen molar-refractivity contribution in [2.75, 3.05) is 13.7 Å². The minimum atomic E-state index is 0.655. The van der Waals surface area contributed by atoms with Crippen LogP contribution in [0.1, 0.15) is 44.1 Å². The number of rotatable bonds is 5. The Kier molecular flexibility index (Phi) is 4.43. The van der Waals surface area contributed by atoms with Gasteiger partial charge in [0.05, 0.1) is 7.11 Å². The summed E-state index contributed by atoms with van der Waals surface area (Å²) in [6.07, 6.45) is 5.15. The first-order chi connectivity index (χ1) is 8.35. The standard InChI is InChI=1S/C15H23NO/c1-3-10-16-15-9-5-8-14(15)12-6-4-7-13(11-12)17-2/h4,6-7,11,14-16H,3,5,8-10H2,1-2H3. The number of benzene rings is 1. The molecule has 0 spiro atoms. The molecule has 2 atom stereocenters. The van der Waals surface area contributed by atoms with E-state index in [0.29, 0.717) is 12.0 Å². The lowest BCUT2D eigenvalue weighted by Gasteiger charge is -2.21. The van der Waals surface area contributed by atoms with Crippen molar-refractivity contribution in [3.05, 3.63) is 29.8 Å². The van der Waals surface area contributed by atoms with Crippen molar-refractivity contribution in [2.24, 2.45) is 0 Å². The summed E-state index contributed by atoms with van der Waals surface area (Å²) in [7, 11) is 1.74. The Balaban J connectivity index is 2.08. The molecule has 2 nitrogen and oxygen atoms in total. The summed E-state index contributed by atoms with van der Waals surface area (Å²) in [6.45, 7) is 3.35. The summed E-state index contributed by atoms with van der Waals surface area (Å²) < 4.78 is 5.31. The van der Waals surface area contributed by atoms with Crippen LogP contribution in [0.3, 0.4) is 0 Å². The quantitative estimate of drug-likeness (QED) is 0.842. The van der Waals surface area contributed by atoms with E-state index >= 15 is 0 Å². The average Bonchev–Trinajstić information content (AvgIpc) is 2.84. The first-order valence-electron chi connectivity index (χ1n) is 6.72. The summed E-state index contributed by atoms with van der Waals surface area (Å²) in [5.74, 6) is 1.64. The Hall–Kier alpha value is -1.02. The summed E-state index contributed by atoms with van der Waals surface area (Å²) in [4.78, 5) is 0. The van der Waals surface area contributed by atoms with Gasteiger partial charge in [0.1, 0.15) is 5.75 Å². The lowest BCUT2D eigenvalue weighted by Crippen LogP contribution is -2.31. The molecule has 2 unspecified atom stereocenters. The van der Waals surface area contributed by atoms with Crippen molar-refractivity contribution in [3.63, 3.8) is 0 Å². The molecule has 1 N–H and O–H groups in total. The van der Waals surface area contributed by atoms with Gasteiger partial charge < -0.3 is 10.1 Å². The molecule has 0 radical (unpaired) electrons. The minimum absolute atomic E-state index is 0.655. The van der Waals surface area contributed by atoms with E-state index in [-0.39, 0.29) is 0 Å². The van der Waals surface area contributed by atoms with Crippen LogP contribution in [0, 0.1) is 0 Å². The minimum Gasteiger partial charge on any atom is -0.497 e. The Bertz CT molecular complexity index is 351. The monoisotopic (exact) mass is 233 g/mol. The molecule has 1 aliphatic rings. The van der Waals surface area contributed by atoms with Crippen molar-refractivity contribution < 1.29 is 4.74 Å². The highest BCUT2D eigenvalue weighted by molar-refractivity contribution is 5.32. The van der Waals surface area contributed by atoms with Crippen molar-refractivity contribution in [3.8, 4) is 5.75 Å². The Morgan fingerprint density at radius 2 is 2.24 bits per heavy atom. The van der Waals surface area contributed by atoms with Gasteiger partial charge in [0.25, 0.3) is 0 Å². The van der Waals surface area contributed by atoms with Crippen LogP contribution in [-0.2, 0) is 0 Å².